The molecule has 0 rings (SSSR count). The lowest BCUT2D eigenvalue weighted by molar-refractivity contribution is -0.143. The maximum Gasteiger partial charge on any atom is 0.305 e. The molecule has 0 spiro atoms. The number of carbonyl (C=O) groups excluding carboxylic acids is 2. The zero-order valence-electron chi connectivity index (χ0n) is 47.7. The number of aliphatic hydroxyl groups excluding tert-OH is 2. The van der Waals surface area contributed by atoms with Gasteiger partial charge in [-0.25, -0.2) is 0 Å². The van der Waals surface area contributed by atoms with E-state index in [1.807, 2.05) is 6.08 Å². The summed E-state index contributed by atoms with van der Waals surface area (Å²) in [5, 5.41) is 23.1. The monoisotopic (exact) mass is 998 g/mol. The molecule has 0 aliphatic heterocycles. The van der Waals surface area contributed by atoms with Crippen LogP contribution in [0, 0.1) is 0 Å². The number of esters is 1. The molecule has 0 aromatic rings. The van der Waals surface area contributed by atoms with Crippen molar-refractivity contribution in [2.45, 2.75) is 353 Å². The molecule has 3 N–H and O–H groups in total. The molecule has 2 atom stereocenters. The molecule has 0 saturated carbocycles. The van der Waals surface area contributed by atoms with Crippen LogP contribution in [0.4, 0.5) is 0 Å². The zero-order chi connectivity index (χ0) is 51.4. The molecular weight excluding hydrogens is 875 g/mol. The molecule has 0 heterocycles. The van der Waals surface area contributed by atoms with Crippen molar-refractivity contribution in [3.63, 3.8) is 0 Å². The summed E-state index contributed by atoms with van der Waals surface area (Å²) in [6.45, 7) is 4.88. The van der Waals surface area contributed by atoms with E-state index in [1.165, 1.54) is 263 Å². The van der Waals surface area contributed by atoms with E-state index in [0.717, 1.165) is 51.4 Å². The number of rotatable bonds is 59. The largest absolute Gasteiger partial charge is 0.466 e. The van der Waals surface area contributed by atoms with Gasteiger partial charge in [-0.3, -0.25) is 9.59 Å². The summed E-state index contributed by atoms with van der Waals surface area (Å²) < 4.78 is 5.48. The van der Waals surface area contributed by atoms with Crippen molar-refractivity contribution in [2.24, 2.45) is 0 Å². The maximum atomic E-state index is 12.5. The van der Waals surface area contributed by atoms with Crippen LogP contribution in [-0.4, -0.2) is 47.4 Å². The van der Waals surface area contributed by atoms with Crippen molar-refractivity contribution < 1.29 is 24.5 Å². The average molecular weight is 999 g/mol. The fourth-order valence-electron chi connectivity index (χ4n) is 9.78. The molecule has 0 bridgehead atoms. The number of carbonyl (C=O) groups is 2. The van der Waals surface area contributed by atoms with E-state index in [0.29, 0.717) is 19.4 Å². The fraction of sp³-hybridized carbons (Fsp3) is 0.877. The molecule has 0 aliphatic carbocycles. The van der Waals surface area contributed by atoms with Crippen LogP contribution < -0.4 is 5.32 Å². The molecular formula is C65H123NO5. The summed E-state index contributed by atoms with van der Waals surface area (Å²) in [6, 6.07) is -0.626. The van der Waals surface area contributed by atoms with Crippen molar-refractivity contribution in [3.05, 3.63) is 36.5 Å². The zero-order valence-corrected chi connectivity index (χ0v) is 47.7. The highest BCUT2D eigenvalue weighted by Gasteiger charge is 2.18. The van der Waals surface area contributed by atoms with Gasteiger partial charge in [-0.05, 0) is 64.2 Å². The first-order valence-corrected chi connectivity index (χ1v) is 31.8. The van der Waals surface area contributed by atoms with Crippen molar-refractivity contribution in [3.8, 4) is 0 Å². The Labute approximate surface area is 443 Å². The molecule has 2 unspecified atom stereocenters. The van der Waals surface area contributed by atoms with Crippen molar-refractivity contribution in [1.82, 2.24) is 5.32 Å². The highest BCUT2D eigenvalue weighted by molar-refractivity contribution is 5.76. The SMILES string of the molecule is CCCCC/C=C\C/C=C\CCCCCCCC(=O)OCCCCCCCCCCCCCCCCCCCCCCCCCCCC(=O)NC(CO)C(O)/C=C/CCCCCCCCCCCCCC. The normalized spacial score (nSPS) is 12.8. The van der Waals surface area contributed by atoms with Gasteiger partial charge in [0.2, 0.25) is 5.91 Å². The van der Waals surface area contributed by atoms with E-state index < -0.39 is 12.1 Å². The third-order valence-electron chi connectivity index (χ3n) is 14.7. The molecule has 0 radical (unpaired) electrons. The Kier molecular flexibility index (Phi) is 59.0. The van der Waals surface area contributed by atoms with Crippen molar-refractivity contribution in [1.29, 1.82) is 0 Å². The lowest BCUT2D eigenvalue weighted by Crippen LogP contribution is -2.45. The Hall–Kier alpha value is -1.92. The Morgan fingerprint density at radius 3 is 1.10 bits per heavy atom. The molecule has 418 valence electrons. The minimum Gasteiger partial charge on any atom is -0.466 e. The van der Waals surface area contributed by atoms with Gasteiger partial charge in [0.05, 0.1) is 25.4 Å². The van der Waals surface area contributed by atoms with Gasteiger partial charge in [-0.15, -0.1) is 0 Å². The molecule has 71 heavy (non-hydrogen) atoms. The Morgan fingerprint density at radius 1 is 0.394 bits per heavy atom. The van der Waals surface area contributed by atoms with E-state index in [4.69, 9.17) is 4.74 Å². The predicted molar refractivity (Wildman–Crippen MR) is 310 cm³/mol. The summed E-state index contributed by atoms with van der Waals surface area (Å²) in [5.74, 6) is -0.0634. The first-order chi connectivity index (χ1) is 35.0. The second kappa shape index (κ2) is 60.6. The first-order valence-electron chi connectivity index (χ1n) is 31.8. The maximum absolute atomic E-state index is 12.5. The smallest absolute Gasteiger partial charge is 0.305 e. The summed E-state index contributed by atoms with van der Waals surface area (Å²) in [5.41, 5.74) is 0. The van der Waals surface area contributed by atoms with Crippen LogP contribution in [-0.2, 0) is 14.3 Å². The highest BCUT2D eigenvalue weighted by Crippen LogP contribution is 2.18. The van der Waals surface area contributed by atoms with E-state index in [-0.39, 0.29) is 18.5 Å². The fourth-order valence-corrected chi connectivity index (χ4v) is 9.78. The lowest BCUT2D eigenvalue weighted by atomic mass is 10.0. The average Bonchev–Trinajstić information content (AvgIpc) is 3.37. The van der Waals surface area contributed by atoms with E-state index in [2.05, 4.69) is 43.5 Å². The molecule has 0 aromatic carbocycles. The van der Waals surface area contributed by atoms with Crippen molar-refractivity contribution >= 4 is 11.9 Å². The lowest BCUT2D eigenvalue weighted by Gasteiger charge is -2.20. The standard InChI is InChI=1S/C65H123NO5/c1-3-5-7-9-11-13-15-17-30-35-39-43-47-51-55-59-65(70)71-60-56-52-48-44-40-36-32-29-27-25-23-21-19-20-22-24-26-28-31-34-38-42-46-50-54-58-64(69)66-62(61-67)63(68)57-53-49-45-41-37-33-18-16-14-12-10-8-6-4-2/h11,13,17,30,53,57,62-63,67-68H,3-10,12,14-16,18-29,31-52,54-56,58-61H2,1-2H3,(H,66,69)/b13-11-,30-17-,57-53+. The highest BCUT2D eigenvalue weighted by atomic mass is 16.5. The van der Waals surface area contributed by atoms with Crippen LogP contribution in [0.5, 0.6) is 0 Å². The van der Waals surface area contributed by atoms with Gasteiger partial charge in [0.25, 0.3) is 0 Å². The number of hydrogen-bond acceptors (Lipinski definition) is 5. The molecule has 0 fully saturated rings. The van der Waals surface area contributed by atoms with Gasteiger partial charge >= 0.3 is 5.97 Å². The summed E-state index contributed by atoms with van der Waals surface area (Å²) in [7, 11) is 0. The molecule has 0 aromatic heterocycles. The quantitative estimate of drug-likeness (QED) is 0.0321. The number of allylic oxidation sites excluding steroid dienone is 5. The summed E-state index contributed by atoms with van der Waals surface area (Å²) >= 11 is 0. The topological polar surface area (TPSA) is 95.9 Å². The predicted octanol–water partition coefficient (Wildman–Crippen LogP) is 20.0. The second-order valence-corrected chi connectivity index (χ2v) is 21.7. The van der Waals surface area contributed by atoms with Crippen LogP contribution in [0.1, 0.15) is 341 Å². The Morgan fingerprint density at radius 2 is 0.704 bits per heavy atom. The molecule has 6 nitrogen and oxygen atoms in total. The third kappa shape index (κ3) is 57.2. The Balaban J connectivity index is 3.38. The van der Waals surface area contributed by atoms with Crippen LogP contribution in [0.2, 0.25) is 0 Å². The minimum absolute atomic E-state index is 0.00194. The van der Waals surface area contributed by atoms with E-state index in [9.17, 15) is 19.8 Å². The molecule has 0 saturated heterocycles. The van der Waals surface area contributed by atoms with Gasteiger partial charge in [-0.1, -0.05) is 301 Å². The summed E-state index contributed by atoms with van der Waals surface area (Å²) in [6.07, 6.45) is 76.2. The molecule has 1 amide bonds. The first kappa shape index (κ1) is 69.1. The van der Waals surface area contributed by atoms with Gasteiger partial charge in [0.15, 0.2) is 0 Å². The minimum atomic E-state index is -0.843. The van der Waals surface area contributed by atoms with Crippen LogP contribution in [0.15, 0.2) is 36.5 Å². The van der Waals surface area contributed by atoms with Crippen LogP contribution >= 0.6 is 0 Å². The van der Waals surface area contributed by atoms with Gasteiger partial charge in [-0.2, -0.15) is 0 Å². The molecule has 0 aliphatic rings. The number of ether oxygens (including phenoxy) is 1. The third-order valence-corrected chi connectivity index (χ3v) is 14.7. The molecule has 6 heteroatoms. The van der Waals surface area contributed by atoms with Crippen LogP contribution in [0.3, 0.4) is 0 Å². The van der Waals surface area contributed by atoms with Crippen molar-refractivity contribution in [2.75, 3.05) is 13.2 Å². The number of hydrogen-bond donors (Lipinski definition) is 3. The van der Waals surface area contributed by atoms with Gasteiger partial charge in [0, 0.05) is 12.8 Å². The second-order valence-electron chi connectivity index (χ2n) is 21.7. The number of amides is 1. The van der Waals surface area contributed by atoms with Gasteiger partial charge in [0.1, 0.15) is 0 Å². The summed E-state index contributed by atoms with van der Waals surface area (Å²) in [4.78, 5) is 24.5. The number of unbranched alkanes of at least 4 members (excludes halogenated alkanes) is 44. The van der Waals surface area contributed by atoms with E-state index >= 15 is 0 Å². The van der Waals surface area contributed by atoms with Crippen LogP contribution in [0.25, 0.3) is 0 Å². The van der Waals surface area contributed by atoms with Gasteiger partial charge < -0.3 is 20.3 Å². The Bertz CT molecular complexity index is 1150. The number of aliphatic hydroxyl groups is 2. The van der Waals surface area contributed by atoms with E-state index in [1.54, 1.807) is 6.08 Å². The number of nitrogens with one attached hydrogen (secondary N) is 1.